The lowest BCUT2D eigenvalue weighted by Crippen LogP contribution is -2.53. The number of likely N-dealkylation sites (tertiary alicyclic amines) is 2. The molecule has 0 radical (unpaired) electrons. The summed E-state index contributed by atoms with van der Waals surface area (Å²) in [7, 11) is 0. The Morgan fingerprint density at radius 2 is 1.97 bits per heavy atom. The average molecular weight is 507 g/mol. The highest BCUT2D eigenvalue weighted by Gasteiger charge is 2.52. The van der Waals surface area contributed by atoms with Crippen molar-refractivity contribution in [3.63, 3.8) is 0 Å². The maximum absolute atomic E-state index is 13.5. The summed E-state index contributed by atoms with van der Waals surface area (Å²) in [6.07, 6.45) is 2.37. The molecule has 10 heteroatoms. The highest BCUT2D eigenvalue weighted by atomic mass is 32.1. The van der Waals surface area contributed by atoms with Crippen LogP contribution in [0.2, 0.25) is 0 Å². The van der Waals surface area contributed by atoms with Gasteiger partial charge in [0, 0.05) is 23.5 Å². The van der Waals surface area contributed by atoms with Crippen LogP contribution in [-0.4, -0.2) is 69.7 Å². The third-order valence-electron chi connectivity index (χ3n) is 6.61. The highest BCUT2D eigenvalue weighted by molar-refractivity contribution is 7.20. The molecule has 186 valence electrons. The lowest BCUT2D eigenvalue weighted by molar-refractivity contribution is -0.138. The van der Waals surface area contributed by atoms with Crippen LogP contribution in [0, 0.1) is 0 Å². The van der Waals surface area contributed by atoms with Gasteiger partial charge in [-0.15, -0.1) is 0 Å². The Kier molecular flexibility index (Phi) is 6.69. The van der Waals surface area contributed by atoms with Crippen molar-refractivity contribution in [1.82, 2.24) is 20.1 Å². The number of ether oxygens (including phenoxy) is 1. The zero-order valence-electron chi connectivity index (χ0n) is 19.8. The number of amides is 3. The van der Waals surface area contributed by atoms with E-state index in [4.69, 9.17) is 4.74 Å². The summed E-state index contributed by atoms with van der Waals surface area (Å²) in [6, 6.07) is 12.6. The molecule has 2 fully saturated rings. The Bertz CT molecular complexity index is 1280. The van der Waals surface area contributed by atoms with Crippen LogP contribution >= 0.6 is 11.3 Å². The van der Waals surface area contributed by atoms with Gasteiger partial charge in [-0.1, -0.05) is 48.9 Å². The van der Waals surface area contributed by atoms with Crippen LogP contribution in [0.5, 0.6) is 5.06 Å². The van der Waals surface area contributed by atoms with E-state index in [0.717, 1.165) is 10.1 Å². The number of rotatable bonds is 6. The normalized spacial score (nSPS) is 19.9. The number of nitrogens with zero attached hydrogens (tertiary/aromatic N) is 3. The fourth-order valence-electron chi connectivity index (χ4n) is 4.99. The molecule has 2 aliphatic heterocycles. The molecule has 0 spiro atoms. The number of carbonyl (C=O) groups is 4. The summed E-state index contributed by atoms with van der Waals surface area (Å²) < 4.78 is 6.46. The molecule has 9 nitrogen and oxygen atoms in total. The smallest absolute Gasteiger partial charge is 0.399 e. The van der Waals surface area contributed by atoms with E-state index < -0.39 is 24.2 Å². The van der Waals surface area contributed by atoms with E-state index in [0.29, 0.717) is 30.9 Å². The molecule has 0 aliphatic carbocycles. The Balaban J connectivity index is 1.27. The molecule has 5 rings (SSSR count). The molecule has 0 saturated carbocycles. The van der Waals surface area contributed by atoms with Crippen molar-refractivity contribution in [2.75, 3.05) is 13.1 Å². The van der Waals surface area contributed by atoms with Gasteiger partial charge < -0.3 is 19.9 Å². The standard InChI is InChI=1S/C26H26N4O5S/c1-2-7-18(28-26(34)35-22-14-16-8-3-4-10-21(16)36-22)25(33)29-13-11-19-23(29)20(31)15-30(19)24(32)17-9-5-6-12-27-17/h3-6,8-10,12,14,18-19,23H,2,7,11,13,15H2,1H3,(H,28,34). The number of aromatic nitrogens is 1. The van der Waals surface area contributed by atoms with Crippen molar-refractivity contribution >= 4 is 45.1 Å². The van der Waals surface area contributed by atoms with Gasteiger partial charge in [0.2, 0.25) is 5.91 Å². The molecule has 4 heterocycles. The van der Waals surface area contributed by atoms with Crippen LogP contribution in [0.15, 0.2) is 54.7 Å². The van der Waals surface area contributed by atoms with Gasteiger partial charge in [0.1, 0.15) is 17.8 Å². The lowest BCUT2D eigenvalue weighted by atomic mass is 10.1. The Morgan fingerprint density at radius 3 is 2.72 bits per heavy atom. The van der Waals surface area contributed by atoms with E-state index in [9.17, 15) is 19.2 Å². The number of hydrogen-bond donors (Lipinski definition) is 1. The van der Waals surface area contributed by atoms with Gasteiger partial charge in [-0.25, -0.2) is 4.79 Å². The second-order valence-corrected chi connectivity index (χ2v) is 9.97. The predicted molar refractivity (Wildman–Crippen MR) is 134 cm³/mol. The van der Waals surface area contributed by atoms with Gasteiger partial charge in [-0.2, -0.15) is 0 Å². The maximum Gasteiger partial charge on any atom is 0.414 e. The zero-order chi connectivity index (χ0) is 25.2. The first kappa shape index (κ1) is 23.9. The minimum atomic E-state index is -0.830. The van der Waals surface area contributed by atoms with Gasteiger partial charge in [-0.05, 0) is 36.4 Å². The molecular weight excluding hydrogens is 480 g/mol. The molecule has 1 N–H and O–H groups in total. The maximum atomic E-state index is 13.5. The zero-order valence-corrected chi connectivity index (χ0v) is 20.6. The molecule has 3 atom stereocenters. The summed E-state index contributed by atoms with van der Waals surface area (Å²) >= 11 is 1.35. The summed E-state index contributed by atoms with van der Waals surface area (Å²) in [5.74, 6) is -0.836. The van der Waals surface area contributed by atoms with Crippen molar-refractivity contribution in [2.45, 2.75) is 44.3 Å². The van der Waals surface area contributed by atoms with E-state index in [1.165, 1.54) is 27.3 Å². The van der Waals surface area contributed by atoms with Crippen molar-refractivity contribution in [3.8, 4) is 5.06 Å². The first-order valence-corrected chi connectivity index (χ1v) is 12.8. The third-order valence-corrected chi connectivity index (χ3v) is 7.61. The summed E-state index contributed by atoms with van der Waals surface area (Å²) in [6.45, 7) is 2.19. The molecule has 3 aromatic rings. The predicted octanol–water partition coefficient (Wildman–Crippen LogP) is 3.25. The van der Waals surface area contributed by atoms with Gasteiger partial charge in [-0.3, -0.25) is 19.4 Å². The average Bonchev–Trinajstić information content (AvgIpc) is 3.58. The number of nitrogens with one attached hydrogen (secondary N) is 1. The Hall–Kier alpha value is -3.79. The molecule has 3 unspecified atom stereocenters. The fraction of sp³-hybridized carbons (Fsp3) is 0.346. The lowest BCUT2D eigenvalue weighted by Gasteiger charge is -2.28. The molecule has 3 amide bonds. The fourth-order valence-corrected chi connectivity index (χ4v) is 5.90. The molecule has 2 saturated heterocycles. The van der Waals surface area contributed by atoms with Crippen molar-refractivity contribution < 1.29 is 23.9 Å². The van der Waals surface area contributed by atoms with Crippen LogP contribution in [0.4, 0.5) is 4.79 Å². The van der Waals surface area contributed by atoms with Gasteiger partial charge in [0.25, 0.3) is 5.91 Å². The number of thiophene rings is 1. The largest absolute Gasteiger partial charge is 0.414 e. The SMILES string of the molecule is CCCC(NC(=O)Oc1cc2ccccc2s1)C(=O)N1CCC2C1C(=O)CN2C(=O)c1ccccn1. The van der Waals surface area contributed by atoms with E-state index in [1.54, 1.807) is 24.3 Å². The second-order valence-electron chi connectivity index (χ2n) is 8.93. The van der Waals surface area contributed by atoms with Crippen LogP contribution in [0.3, 0.4) is 0 Å². The molecule has 0 bridgehead atoms. The Labute approximate surface area is 212 Å². The number of Topliss-reactive ketones (excluding diaryl/α,β-unsaturated/α-hetero) is 1. The van der Waals surface area contributed by atoms with Gasteiger partial charge >= 0.3 is 6.09 Å². The third kappa shape index (κ3) is 4.56. The first-order chi connectivity index (χ1) is 17.5. The monoisotopic (exact) mass is 506 g/mol. The number of carbonyl (C=O) groups excluding carboxylic acids is 4. The van der Waals surface area contributed by atoms with Crippen molar-refractivity contribution in [1.29, 1.82) is 0 Å². The quantitative estimate of drug-likeness (QED) is 0.550. The van der Waals surface area contributed by atoms with Crippen molar-refractivity contribution in [2.24, 2.45) is 0 Å². The van der Waals surface area contributed by atoms with Gasteiger partial charge in [0.05, 0.1) is 12.6 Å². The van der Waals surface area contributed by atoms with Crippen molar-refractivity contribution in [3.05, 3.63) is 60.4 Å². The molecule has 36 heavy (non-hydrogen) atoms. The minimum absolute atomic E-state index is 0.0611. The minimum Gasteiger partial charge on any atom is -0.399 e. The van der Waals surface area contributed by atoms with Crippen LogP contribution < -0.4 is 10.1 Å². The van der Waals surface area contributed by atoms with Crippen LogP contribution in [0.25, 0.3) is 10.1 Å². The van der Waals surface area contributed by atoms with E-state index in [-0.39, 0.29) is 29.8 Å². The molecular formula is C26H26N4O5S. The molecule has 1 aromatic carbocycles. The number of pyridine rings is 1. The second kappa shape index (κ2) is 10.1. The van der Waals surface area contributed by atoms with E-state index in [1.807, 2.05) is 31.2 Å². The number of ketones is 1. The van der Waals surface area contributed by atoms with E-state index >= 15 is 0 Å². The number of benzene rings is 1. The van der Waals surface area contributed by atoms with E-state index in [2.05, 4.69) is 10.3 Å². The van der Waals surface area contributed by atoms with Crippen LogP contribution in [-0.2, 0) is 9.59 Å². The number of fused-ring (bicyclic) bond motifs is 2. The Morgan fingerprint density at radius 1 is 1.17 bits per heavy atom. The summed E-state index contributed by atoms with van der Waals surface area (Å²) in [5.41, 5.74) is 0.269. The topological polar surface area (TPSA) is 109 Å². The van der Waals surface area contributed by atoms with Crippen LogP contribution in [0.1, 0.15) is 36.7 Å². The van der Waals surface area contributed by atoms with Gasteiger partial charge in [0.15, 0.2) is 10.8 Å². The molecule has 2 aromatic heterocycles. The first-order valence-electron chi connectivity index (χ1n) is 12.0. The summed E-state index contributed by atoms with van der Waals surface area (Å²) in [5, 5.41) is 4.10. The highest BCUT2D eigenvalue weighted by Crippen LogP contribution is 2.33. The number of hydrogen-bond acceptors (Lipinski definition) is 7. The summed E-state index contributed by atoms with van der Waals surface area (Å²) in [4.78, 5) is 59.2. The molecule has 2 aliphatic rings.